The van der Waals surface area contributed by atoms with Crippen LogP contribution < -0.4 is 0 Å². The maximum absolute atomic E-state index is 12.2. The van der Waals surface area contributed by atoms with E-state index in [9.17, 15) is 4.79 Å². The van der Waals surface area contributed by atoms with E-state index in [1.165, 1.54) is 5.56 Å². The van der Waals surface area contributed by atoms with E-state index in [4.69, 9.17) is 11.6 Å². The third-order valence-corrected chi connectivity index (χ3v) is 3.78. The predicted molar refractivity (Wildman–Crippen MR) is 73.3 cm³/mol. The van der Waals surface area contributed by atoms with E-state index in [0.717, 1.165) is 24.5 Å². The maximum Gasteiger partial charge on any atom is 0.257 e. The molecule has 1 amide bonds. The van der Waals surface area contributed by atoms with Gasteiger partial charge in [-0.1, -0.05) is 23.7 Å². The molecule has 1 aromatic carbocycles. The van der Waals surface area contributed by atoms with Crippen LogP contribution in [-0.4, -0.2) is 34.1 Å². The summed E-state index contributed by atoms with van der Waals surface area (Å²) in [6, 6.07) is 7.88. The van der Waals surface area contributed by atoms with E-state index in [1.807, 2.05) is 23.1 Å². The van der Waals surface area contributed by atoms with Gasteiger partial charge in [0, 0.05) is 30.2 Å². The SMILES string of the molecule is O=C(c1cn[nH]c1)N1CC[C@@H](c2cccc(Cl)c2)C1. The van der Waals surface area contributed by atoms with Gasteiger partial charge < -0.3 is 4.90 Å². The summed E-state index contributed by atoms with van der Waals surface area (Å²) in [4.78, 5) is 14.1. The van der Waals surface area contributed by atoms with Crippen molar-refractivity contribution in [1.82, 2.24) is 15.1 Å². The second-order valence-corrected chi connectivity index (χ2v) is 5.22. The first-order valence-electron chi connectivity index (χ1n) is 6.27. The molecule has 2 aromatic rings. The van der Waals surface area contributed by atoms with E-state index in [2.05, 4.69) is 16.3 Å². The highest BCUT2D eigenvalue weighted by molar-refractivity contribution is 6.30. The van der Waals surface area contributed by atoms with Crippen molar-refractivity contribution in [3.8, 4) is 0 Å². The lowest BCUT2D eigenvalue weighted by Gasteiger charge is -2.15. The number of hydrogen-bond acceptors (Lipinski definition) is 2. The Kier molecular flexibility index (Phi) is 3.25. The molecule has 0 unspecified atom stereocenters. The van der Waals surface area contributed by atoms with Gasteiger partial charge in [0.25, 0.3) is 5.91 Å². The first-order valence-corrected chi connectivity index (χ1v) is 6.65. The topological polar surface area (TPSA) is 49.0 Å². The van der Waals surface area contributed by atoms with Crippen molar-refractivity contribution < 1.29 is 4.79 Å². The van der Waals surface area contributed by atoms with Crippen molar-refractivity contribution >= 4 is 17.5 Å². The minimum Gasteiger partial charge on any atom is -0.338 e. The Labute approximate surface area is 116 Å². The molecule has 2 heterocycles. The minimum absolute atomic E-state index is 0.0401. The summed E-state index contributed by atoms with van der Waals surface area (Å²) in [6.45, 7) is 1.52. The number of likely N-dealkylation sites (tertiary alicyclic amines) is 1. The summed E-state index contributed by atoms with van der Waals surface area (Å²) in [7, 11) is 0. The van der Waals surface area contributed by atoms with Crippen LogP contribution in [0, 0.1) is 0 Å². The zero-order valence-electron chi connectivity index (χ0n) is 10.3. The molecule has 19 heavy (non-hydrogen) atoms. The second kappa shape index (κ2) is 5.05. The summed E-state index contributed by atoms with van der Waals surface area (Å²) < 4.78 is 0. The molecular formula is C14H14ClN3O. The number of nitrogens with zero attached hydrogens (tertiary/aromatic N) is 2. The van der Waals surface area contributed by atoms with Gasteiger partial charge in [0.15, 0.2) is 0 Å². The molecule has 1 fully saturated rings. The van der Waals surface area contributed by atoms with Crippen molar-refractivity contribution in [3.05, 3.63) is 52.8 Å². The van der Waals surface area contributed by atoms with E-state index >= 15 is 0 Å². The highest BCUT2D eigenvalue weighted by atomic mass is 35.5. The zero-order chi connectivity index (χ0) is 13.2. The van der Waals surface area contributed by atoms with Crippen LogP contribution in [-0.2, 0) is 0 Å². The van der Waals surface area contributed by atoms with Crippen LogP contribution >= 0.6 is 11.6 Å². The number of amides is 1. The van der Waals surface area contributed by atoms with Crippen molar-refractivity contribution in [2.45, 2.75) is 12.3 Å². The van der Waals surface area contributed by atoms with E-state index in [-0.39, 0.29) is 5.91 Å². The van der Waals surface area contributed by atoms with E-state index in [1.54, 1.807) is 12.4 Å². The number of benzene rings is 1. The number of halogens is 1. The molecule has 1 saturated heterocycles. The Hall–Kier alpha value is -1.81. The van der Waals surface area contributed by atoms with Gasteiger partial charge in [-0.15, -0.1) is 0 Å². The number of nitrogens with one attached hydrogen (secondary N) is 1. The van der Waals surface area contributed by atoms with E-state index in [0.29, 0.717) is 11.5 Å². The average Bonchev–Trinajstić information content (AvgIpc) is 3.10. The zero-order valence-corrected chi connectivity index (χ0v) is 11.1. The Bertz CT molecular complexity index is 582. The summed E-state index contributed by atoms with van der Waals surface area (Å²) in [6.07, 6.45) is 4.17. The molecule has 98 valence electrons. The largest absolute Gasteiger partial charge is 0.338 e. The number of hydrogen-bond donors (Lipinski definition) is 1. The average molecular weight is 276 g/mol. The number of aromatic nitrogens is 2. The lowest BCUT2D eigenvalue weighted by molar-refractivity contribution is 0.0791. The molecule has 0 bridgehead atoms. The Morgan fingerprint density at radius 2 is 2.37 bits per heavy atom. The summed E-state index contributed by atoms with van der Waals surface area (Å²) in [5.74, 6) is 0.410. The quantitative estimate of drug-likeness (QED) is 0.916. The van der Waals surface area contributed by atoms with Crippen LogP contribution in [0.1, 0.15) is 28.3 Å². The molecule has 1 N–H and O–H groups in total. The fourth-order valence-corrected chi connectivity index (χ4v) is 2.73. The maximum atomic E-state index is 12.2. The monoisotopic (exact) mass is 275 g/mol. The van der Waals surface area contributed by atoms with Crippen LogP contribution in [0.4, 0.5) is 0 Å². The van der Waals surface area contributed by atoms with Gasteiger partial charge >= 0.3 is 0 Å². The normalized spacial score (nSPS) is 18.8. The van der Waals surface area contributed by atoms with E-state index < -0.39 is 0 Å². The highest BCUT2D eigenvalue weighted by Gasteiger charge is 2.28. The molecular weight excluding hydrogens is 262 g/mol. The van der Waals surface area contributed by atoms with Gasteiger partial charge in [0.05, 0.1) is 11.8 Å². The summed E-state index contributed by atoms with van der Waals surface area (Å²) in [5, 5.41) is 7.23. The fraction of sp³-hybridized carbons (Fsp3) is 0.286. The van der Waals surface area contributed by atoms with Crippen LogP contribution in [0.25, 0.3) is 0 Å². The number of carbonyl (C=O) groups is 1. The molecule has 0 aliphatic carbocycles. The first-order chi connectivity index (χ1) is 9.24. The molecule has 1 atom stereocenters. The molecule has 3 rings (SSSR count). The Balaban J connectivity index is 1.72. The molecule has 1 aromatic heterocycles. The smallest absolute Gasteiger partial charge is 0.257 e. The van der Waals surface area contributed by atoms with Gasteiger partial charge in [-0.3, -0.25) is 9.89 Å². The van der Waals surface area contributed by atoms with Gasteiger partial charge in [-0.2, -0.15) is 5.10 Å². The number of rotatable bonds is 2. The number of aromatic amines is 1. The fourth-order valence-electron chi connectivity index (χ4n) is 2.53. The lowest BCUT2D eigenvalue weighted by Crippen LogP contribution is -2.28. The molecule has 0 spiro atoms. The Morgan fingerprint density at radius 3 is 3.11 bits per heavy atom. The summed E-state index contributed by atoms with van der Waals surface area (Å²) >= 11 is 6.01. The molecule has 4 nitrogen and oxygen atoms in total. The summed E-state index contributed by atoms with van der Waals surface area (Å²) in [5.41, 5.74) is 1.82. The highest BCUT2D eigenvalue weighted by Crippen LogP contribution is 2.29. The lowest BCUT2D eigenvalue weighted by atomic mass is 9.99. The predicted octanol–water partition coefficient (Wildman–Crippen LogP) is 2.69. The number of H-pyrrole nitrogens is 1. The van der Waals surface area contributed by atoms with Crippen LogP contribution in [0.15, 0.2) is 36.7 Å². The molecule has 1 aliphatic heterocycles. The van der Waals surface area contributed by atoms with Crippen LogP contribution in [0.2, 0.25) is 5.02 Å². The van der Waals surface area contributed by atoms with Gasteiger partial charge in [0.1, 0.15) is 0 Å². The second-order valence-electron chi connectivity index (χ2n) is 4.78. The van der Waals surface area contributed by atoms with Gasteiger partial charge in [-0.25, -0.2) is 0 Å². The van der Waals surface area contributed by atoms with Crippen molar-refractivity contribution in [2.75, 3.05) is 13.1 Å². The van der Waals surface area contributed by atoms with Crippen molar-refractivity contribution in [1.29, 1.82) is 0 Å². The molecule has 5 heteroatoms. The standard InChI is InChI=1S/C14H14ClN3O/c15-13-3-1-2-10(6-13)11-4-5-18(9-11)14(19)12-7-16-17-8-12/h1-3,6-8,11H,4-5,9H2,(H,16,17)/t11-/m1/s1. The van der Waals surface area contributed by atoms with Crippen molar-refractivity contribution in [3.63, 3.8) is 0 Å². The van der Waals surface area contributed by atoms with Crippen molar-refractivity contribution in [2.24, 2.45) is 0 Å². The minimum atomic E-state index is 0.0401. The molecule has 1 aliphatic rings. The molecule has 0 saturated carbocycles. The van der Waals surface area contributed by atoms with Gasteiger partial charge in [0.2, 0.25) is 0 Å². The van der Waals surface area contributed by atoms with Crippen LogP contribution in [0.3, 0.4) is 0 Å². The molecule has 0 radical (unpaired) electrons. The number of carbonyl (C=O) groups excluding carboxylic acids is 1. The third-order valence-electron chi connectivity index (χ3n) is 3.54. The Morgan fingerprint density at radius 1 is 1.47 bits per heavy atom. The van der Waals surface area contributed by atoms with Crippen LogP contribution in [0.5, 0.6) is 0 Å². The third kappa shape index (κ3) is 2.49. The first kappa shape index (κ1) is 12.2. The van der Waals surface area contributed by atoms with Gasteiger partial charge in [-0.05, 0) is 24.1 Å².